The van der Waals surface area contributed by atoms with Crippen LogP contribution in [0.1, 0.15) is 32.7 Å². The Bertz CT molecular complexity index is 976. The molecule has 4 rings (SSSR count). The molecule has 2 heterocycles. The van der Waals surface area contributed by atoms with Crippen LogP contribution in [0.3, 0.4) is 0 Å². The van der Waals surface area contributed by atoms with Gasteiger partial charge in [-0.25, -0.2) is 0 Å². The maximum Gasteiger partial charge on any atom is 0.261 e. The van der Waals surface area contributed by atoms with E-state index in [0.717, 1.165) is 41.2 Å². The zero-order chi connectivity index (χ0) is 19.1. The van der Waals surface area contributed by atoms with Crippen LogP contribution < -0.4 is 16.0 Å². The van der Waals surface area contributed by atoms with E-state index in [1.54, 1.807) is 18.2 Å². The number of hydrogen-bond acceptors (Lipinski definition) is 5. The molecule has 28 heavy (non-hydrogen) atoms. The van der Waals surface area contributed by atoms with Gasteiger partial charge in [0.2, 0.25) is 5.91 Å². The minimum atomic E-state index is -0.355. The lowest BCUT2D eigenvalue weighted by molar-refractivity contribution is -0.115. The number of carbonyl (C=O) groups excluding carboxylic acids is 3. The molecule has 0 spiro atoms. The predicted octanol–water partition coefficient (Wildman–Crippen LogP) is 2.31. The molecule has 7 nitrogen and oxygen atoms in total. The summed E-state index contributed by atoms with van der Waals surface area (Å²) in [5.41, 5.74) is 10.1. The standard InChI is InChI=1S/C20H20N4O3.ClH/c1-23-19(26)13-8-7-12(10-15(13)20(23)27)22-18(25)11-24-9-3-4-14-16(21)5-2-6-17(14)24;/h2,5-8,10H,3-4,9,11,21H2,1H3,(H,22,25);1H. The smallest absolute Gasteiger partial charge is 0.261 e. The van der Waals surface area contributed by atoms with Gasteiger partial charge in [-0.1, -0.05) is 6.07 Å². The van der Waals surface area contributed by atoms with Crippen LogP contribution in [0.15, 0.2) is 36.4 Å². The Morgan fingerprint density at radius 1 is 1.14 bits per heavy atom. The Labute approximate surface area is 168 Å². The number of rotatable bonds is 3. The normalized spacial score (nSPS) is 15.0. The fourth-order valence-corrected chi connectivity index (χ4v) is 3.70. The molecule has 2 aliphatic heterocycles. The van der Waals surface area contributed by atoms with Gasteiger partial charge in [-0.15, -0.1) is 12.4 Å². The first-order valence-corrected chi connectivity index (χ1v) is 8.84. The summed E-state index contributed by atoms with van der Waals surface area (Å²) >= 11 is 0. The minimum Gasteiger partial charge on any atom is -0.398 e. The third-order valence-electron chi connectivity index (χ3n) is 5.09. The zero-order valence-electron chi connectivity index (χ0n) is 15.4. The van der Waals surface area contributed by atoms with Crippen molar-refractivity contribution >= 4 is 47.2 Å². The number of nitrogens with one attached hydrogen (secondary N) is 1. The second-order valence-corrected chi connectivity index (χ2v) is 6.85. The molecule has 3 N–H and O–H groups in total. The maximum atomic E-state index is 12.5. The van der Waals surface area contributed by atoms with Gasteiger partial charge in [-0.3, -0.25) is 19.3 Å². The van der Waals surface area contributed by atoms with Gasteiger partial charge in [-0.05, 0) is 48.7 Å². The van der Waals surface area contributed by atoms with Crippen molar-refractivity contribution in [3.8, 4) is 0 Å². The lowest BCUT2D eigenvalue weighted by Crippen LogP contribution is -2.37. The molecule has 0 unspecified atom stereocenters. The van der Waals surface area contributed by atoms with E-state index in [1.165, 1.54) is 7.05 Å². The molecule has 0 fully saturated rings. The van der Waals surface area contributed by atoms with Gasteiger partial charge in [0.25, 0.3) is 11.8 Å². The Hall–Kier alpha value is -3.06. The fourth-order valence-electron chi connectivity index (χ4n) is 3.70. The van der Waals surface area contributed by atoms with Gasteiger partial charge in [0.05, 0.1) is 17.7 Å². The predicted molar refractivity (Wildman–Crippen MR) is 110 cm³/mol. The van der Waals surface area contributed by atoms with Crippen LogP contribution in [0.2, 0.25) is 0 Å². The minimum absolute atomic E-state index is 0. The largest absolute Gasteiger partial charge is 0.398 e. The molecule has 0 radical (unpaired) electrons. The number of nitrogens with two attached hydrogens (primary N) is 1. The van der Waals surface area contributed by atoms with Gasteiger partial charge in [0.1, 0.15) is 0 Å². The van der Waals surface area contributed by atoms with Crippen LogP contribution in [-0.2, 0) is 11.2 Å². The number of carbonyl (C=O) groups is 3. The van der Waals surface area contributed by atoms with Crippen LogP contribution >= 0.6 is 12.4 Å². The monoisotopic (exact) mass is 400 g/mol. The summed E-state index contributed by atoms with van der Waals surface area (Å²) < 4.78 is 0. The number of fused-ring (bicyclic) bond motifs is 2. The van der Waals surface area contributed by atoms with Crippen LogP contribution in [0.5, 0.6) is 0 Å². The third kappa shape index (κ3) is 3.29. The van der Waals surface area contributed by atoms with Crippen LogP contribution in [0, 0.1) is 0 Å². The highest BCUT2D eigenvalue weighted by Crippen LogP contribution is 2.31. The lowest BCUT2D eigenvalue weighted by Gasteiger charge is -2.31. The second-order valence-electron chi connectivity index (χ2n) is 6.85. The molecule has 3 amide bonds. The van der Waals surface area contributed by atoms with Gasteiger partial charge in [-0.2, -0.15) is 0 Å². The van der Waals surface area contributed by atoms with E-state index in [9.17, 15) is 14.4 Å². The van der Waals surface area contributed by atoms with E-state index < -0.39 is 0 Å². The van der Waals surface area contributed by atoms with E-state index in [-0.39, 0.29) is 36.7 Å². The first-order valence-electron chi connectivity index (χ1n) is 8.84. The quantitative estimate of drug-likeness (QED) is 0.608. The molecule has 0 bridgehead atoms. The summed E-state index contributed by atoms with van der Waals surface area (Å²) in [6.45, 7) is 0.978. The molecule has 146 valence electrons. The highest BCUT2D eigenvalue weighted by Gasteiger charge is 2.32. The number of imide groups is 1. The van der Waals surface area contributed by atoms with Crippen molar-refractivity contribution < 1.29 is 14.4 Å². The molecule has 0 aromatic heterocycles. The van der Waals surface area contributed by atoms with Crippen molar-refractivity contribution in [2.24, 2.45) is 0 Å². The van der Waals surface area contributed by atoms with Gasteiger partial charge in [0.15, 0.2) is 0 Å². The first-order chi connectivity index (χ1) is 13.0. The number of hydrogen-bond donors (Lipinski definition) is 2. The number of amides is 3. The first kappa shape index (κ1) is 19.7. The zero-order valence-corrected chi connectivity index (χ0v) is 16.2. The average Bonchev–Trinajstić information content (AvgIpc) is 2.87. The maximum absolute atomic E-state index is 12.5. The molecule has 2 aromatic carbocycles. The molecule has 0 saturated carbocycles. The van der Waals surface area contributed by atoms with Gasteiger partial charge in [0, 0.05) is 30.7 Å². The molecule has 2 aromatic rings. The van der Waals surface area contributed by atoms with Gasteiger partial charge >= 0.3 is 0 Å². The molecular weight excluding hydrogens is 380 g/mol. The van der Waals surface area contributed by atoms with E-state index in [0.29, 0.717) is 16.8 Å². The molecule has 0 aliphatic carbocycles. The third-order valence-corrected chi connectivity index (χ3v) is 5.09. The Kier molecular flexibility index (Phi) is 5.29. The summed E-state index contributed by atoms with van der Waals surface area (Å²) in [4.78, 5) is 39.7. The van der Waals surface area contributed by atoms with Crippen molar-refractivity contribution in [1.82, 2.24) is 4.90 Å². The number of anilines is 3. The highest BCUT2D eigenvalue weighted by molar-refractivity contribution is 6.21. The van der Waals surface area contributed by atoms with Crippen molar-refractivity contribution in [3.05, 3.63) is 53.1 Å². The summed E-state index contributed by atoms with van der Waals surface area (Å²) in [5, 5.41) is 2.82. The summed E-state index contributed by atoms with van der Waals surface area (Å²) in [6.07, 6.45) is 1.85. The van der Waals surface area contributed by atoms with Crippen molar-refractivity contribution in [3.63, 3.8) is 0 Å². The topological polar surface area (TPSA) is 95.7 Å². The van der Waals surface area contributed by atoms with Crippen molar-refractivity contribution in [2.75, 3.05) is 36.1 Å². The number of nitrogens with zero attached hydrogens (tertiary/aromatic N) is 2. The Morgan fingerprint density at radius 2 is 1.89 bits per heavy atom. The molecule has 0 saturated heterocycles. The summed E-state index contributed by atoms with van der Waals surface area (Å²) in [5.74, 6) is -0.864. The van der Waals surface area contributed by atoms with Crippen molar-refractivity contribution in [1.29, 1.82) is 0 Å². The Morgan fingerprint density at radius 3 is 2.68 bits per heavy atom. The fraction of sp³-hybridized carbons (Fsp3) is 0.250. The average molecular weight is 401 g/mol. The number of nitrogen functional groups attached to an aromatic ring is 1. The summed E-state index contributed by atoms with van der Waals surface area (Å²) in [6, 6.07) is 10.5. The SMILES string of the molecule is CN1C(=O)c2ccc(NC(=O)CN3CCCc4c(N)cccc43)cc2C1=O.Cl. The van der Waals surface area contributed by atoms with Crippen LogP contribution in [-0.4, -0.2) is 42.8 Å². The molecule has 0 atom stereocenters. The molecular formula is C20H21ClN4O3. The van der Waals surface area contributed by atoms with E-state index in [1.807, 2.05) is 23.1 Å². The Balaban J connectivity index is 0.00000225. The van der Waals surface area contributed by atoms with Gasteiger partial charge < -0.3 is 16.0 Å². The number of halogens is 1. The van der Waals surface area contributed by atoms with Crippen LogP contribution in [0.4, 0.5) is 17.1 Å². The highest BCUT2D eigenvalue weighted by atomic mass is 35.5. The molecule has 8 heteroatoms. The van der Waals surface area contributed by atoms with Crippen LogP contribution in [0.25, 0.3) is 0 Å². The van der Waals surface area contributed by atoms with Crippen molar-refractivity contribution in [2.45, 2.75) is 12.8 Å². The molecule has 2 aliphatic rings. The summed E-state index contributed by atoms with van der Waals surface area (Å²) in [7, 11) is 1.45. The lowest BCUT2D eigenvalue weighted by atomic mass is 10.00. The van der Waals surface area contributed by atoms with E-state index in [4.69, 9.17) is 5.73 Å². The number of benzene rings is 2. The second kappa shape index (κ2) is 7.52. The van der Waals surface area contributed by atoms with E-state index >= 15 is 0 Å². The van der Waals surface area contributed by atoms with E-state index in [2.05, 4.69) is 5.32 Å².